The van der Waals surface area contributed by atoms with Gasteiger partial charge in [-0.25, -0.2) is 0 Å². The predicted molar refractivity (Wildman–Crippen MR) is 119 cm³/mol. The first-order chi connectivity index (χ1) is 12.5. The van der Waals surface area contributed by atoms with Gasteiger partial charge < -0.3 is 0 Å². The molecule has 0 saturated heterocycles. The number of hydrogen-bond donors (Lipinski definition) is 0. The van der Waals surface area contributed by atoms with Gasteiger partial charge in [-0.15, -0.1) is 13.2 Å². The van der Waals surface area contributed by atoms with Crippen LogP contribution in [-0.2, 0) is 0 Å². The molecule has 5 rings (SSSR count). The standard InChI is InChI=1S/C24H22Si2/c1-5-25(3)21-13-9-7-11-17(21)19-16-24-20(15-23(19)25)18-12-8-10-14-22(18)26(24,4)6-2/h5-16H,1-2H2,3-4H3. The maximum atomic E-state index is 4.25. The van der Waals surface area contributed by atoms with Crippen LogP contribution in [0.5, 0.6) is 0 Å². The topological polar surface area (TPSA) is 0 Å². The summed E-state index contributed by atoms with van der Waals surface area (Å²) in [5.41, 5.74) is 10.2. The van der Waals surface area contributed by atoms with Gasteiger partial charge in [0, 0.05) is 0 Å². The minimum absolute atomic E-state index is 1.41. The summed E-state index contributed by atoms with van der Waals surface area (Å²) in [6.45, 7) is 13.4. The molecule has 26 heavy (non-hydrogen) atoms. The summed E-state index contributed by atoms with van der Waals surface area (Å²) in [7, 11) is -3.74. The van der Waals surface area contributed by atoms with Gasteiger partial charge in [-0.05, 0) is 43.0 Å². The minimum atomic E-state index is -1.87. The normalized spacial score (nSPS) is 24.4. The second kappa shape index (κ2) is 5.06. The number of benzene rings is 3. The van der Waals surface area contributed by atoms with E-state index in [0.717, 1.165) is 0 Å². The Kier molecular flexibility index (Phi) is 3.07. The van der Waals surface area contributed by atoms with Crippen molar-refractivity contribution in [3.8, 4) is 22.3 Å². The van der Waals surface area contributed by atoms with Crippen LogP contribution in [0.4, 0.5) is 0 Å². The minimum Gasteiger partial charge on any atom is -0.106 e. The first kappa shape index (κ1) is 15.8. The molecule has 0 spiro atoms. The fourth-order valence-electron chi connectivity index (χ4n) is 4.98. The van der Waals surface area contributed by atoms with Crippen LogP contribution in [0.25, 0.3) is 22.3 Å². The molecule has 2 heterocycles. The summed E-state index contributed by atoms with van der Waals surface area (Å²) >= 11 is 0. The van der Waals surface area contributed by atoms with E-state index in [2.05, 4.69) is 98.3 Å². The number of hydrogen-bond acceptors (Lipinski definition) is 0. The maximum absolute atomic E-state index is 4.25. The van der Waals surface area contributed by atoms with Crippen LogP contribution < -0.4 is 20.7 Å². The highest BCUT2D eigenvalue weighted by Gasteiger charge is 2.44. The summed E-state index contributed by atoms with van der Waals surface area (Å²) in [4.78, 5) is 0. The van der Waals surface area contributed by atoms with E-state index < -0.39 is 16.1 Å². The van der Waals surface area contributed by atoms with Crippen molar-refractivity contribution < 1.29 is 0 Å². The van der Waals surface area contributed by atoms with Crippen molar-refractivity contribution >= 4 is 36.9 Å². The zero-order chi connectivity index (χ0) is 18.1. The monoisotopic (exact) mass is 366 g/mol. The Morgan fingerprint density at radius 3 is 1.35 bits per heavy atom. The SMILES string of the molecule is C=C[Si]1(C)c2ccccc2-c2cc3c(cc21)-c1ccccc1[Si]3(C)C=C. The molecule has 0 N–H and O–H groups in total. The lowest BCUT2D eigenvalue weighted by Crippen LogP contribution is -2.52. The molecule has 0 amide bonds. The molecule has 3 aromatic rings. The second-order valence-corrected chi connectivity index (χ2v) is 15.6. The van der Waals surface area contributed by atoms with E-state index in [-0.39, 0.29) is 0 Å². The molecular formula is C24H22Si2. The summed E-state index contributed by atoms with van der Waals surface area (Å²) < 4.78 is 0. The zero-order valence-corrected chi connectivity index (χ0v) is 17.3. The first-order valence-corrected chi connectivity index (χ1v) is 14.4. The van der Waals surface area contributed by atoms with Crippen molar-refractivity contribution in [3.05, 3.63) is 85.2 Å². The van der Waals surface area contributed by atoms with E-state index in [1.807, 2.05) is 0 Å². The van der Waals surface area contributed by atoms with Crippen molar-refractivity contribution in [2.24, 2.45) is 0 Å². The third-order valence-electron chi connectivity index (χ3n) is 6.65. The van der Waals surface area contributed by atoms with Crippen LogP contribution in [0.1, 0.15) is 0 Å². The van der Waals surface area contributed by atoms with Gasteiger partial charge in [0.1, 0.15) is 16.1 Å². The molecule has 2 atom stereocenters. The van der Waals surface area contributed by atoms with Crippen molar-refractivity contribution in [1.82, 2.24) is 0 Å². The molecule has 2 heteroatoms. The maximum Gasteiger partial charge on any atom is 0.139 e. The molecule has 3 aromatic carbocycles. The largest absolute Gasteiger partial charge is 0.139 e. The molecule has 2 unspecified atom stereocenters. The summed E-state index contributed by atoms with van der Waals surface area (Å²) in [5, 5.41) is 6.04. The van der Waals surface area contributed by atoms with Crippen LogP contribution >= 0.6 is 0 Å². The Hall–Kier alpha value is -2.43. The Labute approximate surface area is 157 Å². The fourth-order valence-corrected chi connectivity index (χ4v) is 11.3. The average molecular weight is 367 g/mol. The second-order valence-electron chi connectivity index (χ2n) is 7.85. The smallest absolute Gasteiger partial charge is 0.106 e. The van der Waals surface area contributed by atoms with Gasteiger partial charge in [0.25, 0.3) is 0 Å². The number of rotatable bonds is 2. The van der Waals surface area contributed by atoms with Crippen molar-refractivity contribution in [1.29, 1.82) is 0 Å². The highest BCUT2D eigenvalue weighted by atomic mass is 28.3. The molecule has 2 aliphatic heterocycles. The van der Waals surface area contributed by atoms with Gasteiger partial charge in [0.05, 0.1) is 0 Å². The molecule has 0 nitrogen and oxygen atoms in total. The van der Waals surface area contributed by atoms with Crippen LogP contribution in [0.3, 0.4) is 0 Å². The molecule has 0 fully saturated rings. The summed E-state index contributed by atoms with van der Waals surface area (Å²) in [6.07, 6.45) is 0. The van der Waals surface area contributed by atoms with E-state index in [9.17, 15) is 0 Å². The highest BCUT2D eigenvalue weighted by Crippen LogP contribution is 2.34. The Morgan fingerprint density at radius 1 is 0.577 bits per heavy atom. The lowest BCUT2D eigenvalue weighted by atomic mass is 10.0. The molecule has 0 radical (unpaired) electrons. The van der Waals surface area contributed by atoms with Gasteiger partial charge in [-0.2, -0.15) is 0 Å². The third-order valence-corrected chi connectivity index (χ3v) is 14.5. The van der Waals surface area contributed by atoms with Gasteiger partial charge in [0.15, 0.2) is 0 Å². The van der Waals surface area contributed by atoms with Crippen LogP contribution in [0.2, 0.25) is 13.1 Å². The molecule has 0 aliphatic carbocycles. The molecule has 0 aromatic heterocycles. The summed E-state index contributed by atoms with van der Waals surface area (Å²) in [5.74, 6) is 0. The quantitative estimate of drug-likeness (QED) is 0.609. The van der Waals surface area contributed by atoms with Gasteiger partial charge in [-0.3, -0.25) is 0 Å². The molecule has 2 aliphatic rings. The van der Waals surface area contributed by atoms with E-state index in [1.165, 1.54) is 43.0 Å². The number of fused-ring (bicyclic) bond motifs is 6. The van der Waals surface area contributed by atoms with Crippen LogP contribution in [0.15, 0.2) is 85.2 Å². The van der Waals surface area contributed by atoms with Gasteiger partial charge in [-0.1, -0.05) is 85.2 Å². The Bertz CT molecular complexity index is 1020. The third kappa shape index (κ3) is 1.69. The molecule has 0 saturated carbocycles. The van der Waals surface area contributed by atoms with Crippen molar-refractivity contribution in [2.75, 3.05) is 0 Å². The van der Waals surface area contributed by atoms with E-state index in [4.69, 9.17) is 0 Å². The lowest BCUT2D eigenvalue weighted by molar-refractivity contribution is 1.71. The molecule has 0 bridgehead atoms. The Balaban J connectivity index is 1.90. The average Bonchev–Trinajstić information content (AvgIpc) is 3.10. The van der Waals surface area contributed by atoms with Crippen LogP contribution in [-0.4, -0.2) is 16.1 Å². The zero-order valence-electron chi connectivity index (χ0n) is 15.3. The first-order valence-electron chi connectivity index (χ1n) is 9.20. The lowest BCUT2D eigenvalue weighted by Gasteiger charge is -2.22. The molecule has 126 valence electrons. The van der Waals surface area contributed by atoms with Gasteiger partial charge in [0.2, 0.25) is 0 Å². The predicted octanol–water partition coefficient (Wildman–Crippen LogP) is 3.48. The van der Waals surface area contributed by atoms with Gasteiger partial charge >= 0.3 is 0 Å². The fraction of sp³-hybridized carbons (Fsp3) is 0.0833. The molecular weight excluding hydrogens is 344 g/mol. The van der Waals surface area contributed by atoms with E-state index >= 15 is 0 Å². The summed E-state index contributed by atoms with van der Waals surface area (Å²) in [6, 6.07) is 22.9. The highest BCUT2D eigenvalue weighted by molar-refractivity contribution is 7.10. The Morgan fingerprint density at radius 2 is 0.962 bits per heavy atom. The van der Waals surface area contributed by atoms with Crippen molar-refractivity contribution in [2.45, 2.75) is 13.1 Å². The van der Waals surface area contributed by atoms with E-state index in [0.29, 0.717) is 0 Å². The van der Waals surface area contributed by atoms with Crippen LogP contribution in [0, 0.1) is 0 Å². The van der Waals surface area contributed by atoms with Crippen molar-refractivity contribution in [3.63, 3.8) is 0 Å². The van der Waals surface area contributed by atoms with E-state index in [1.54, 1.807) is 0 Å².